The molecule has 0 saturated carbocycles. The van der Waals surface area contributed by atoms with Gasteiger partial charge in [-0.05, 0) is 48.6 Å². The number of benzene rings is 1. The molecule has 7 nitrogen and oxygen atoms in total. The minimum Gasteiger partial charge on any atom is -0.497 e. The van der Waals surface area contributed by atoms with Gasteiger partial charge in [-0.25, -0.2) is 0 Å². The van der Waals surface area contributed by atoms with E-state index in [0.29, 0.717) is 36.4 Å². The summed E-state index contributed by atoms with van der Waals surface area (Å²) in [5.41, 5.74) is 1.19. The van der Waals surface area contributed by atoms with Crippen molar-refractivity contribution < 1.29 is 19.1 Å². The number of nitrogens with one attached hydrogen (secondary N) is 1. The fourth-order valence-corrected chi connectivity index (χ4v) is 5.22. The number of likely N-dealkylation sites (N-methyl/N-ethyl adjacent to an activating group) is 1. The predicted octanol–water partition coefficient (Wildman–Crippen LogP) is 2.40. The van der Waals surface area contributed by atoms with Crippen LogP contribution in [0.25, 0.3) is 0 Å². The molecule has 0 aromatic heterocycles. The van der Waals surface area contributed by atoms with Crippen LogP contribution in [0.2, 0.25) is 0 Å². The Kier molecular flexibility index (Phi) is 5.75. The number of methoxy groups -OCH3 is 2. The molecular formula is C23H28ClN3O4. The highest BCUT2D eigenvalue weighted by Gasteiger charge is 2.58. The average molecular weight is 446 g/mol. The number of hydrogen-bond acceptors (Lipinski definition) is 5. The van der Waals surface area contributed by atoms with Gasteiger partial charge >= 0.3 is 0 Å². The quantitative estimate of drug-likeness (QED) is 0.705. The van der Waals surface area contributed by atoms with Crippen LogP contribution in [-0.2, 0) is 15.1 Å². The molecule has 1 aliphatic carbocycles. The molecule has 2 aliphatic heterocycles. The van der Waals surface area contributed by atoms with E-state index in [9.17, 15) is 9.59 Å². The Labute approximate surface area is 187 Å². The third-order valence-electron chi connectivity index (χ3n) is 6.39. The lowest BCUT2D eigenvalue weighted by molar-refractivity contribution is -0.139. The molecule has 0 bridgehead atoms. The largest absolute Gasteiger partial charge is 0.497 e. The van der Waals surface area contributed by atoms with Crippen LogP contribution in [0.3, 0.4) is 0 Å². The molecule has 1 aromatic rings. The zero-order chi connectivity index (χ0) is 22.3. The van der Waals surface area contributed by atoms with Crippen molar-refractivity contribution in [3.63, 3.8) is 0 Å². The average Bonchev–Trinajstić information content (AvgIpc) is 3.35. The van der Waals surface area contributed by atoms with E-state index in [2.05, 4.69) is 5.32 Å². The second-order valence-electron chi connectivity index (χ2n) is 8.32. The second-order valence-corrected chi connectivity index (χ2v) is 8.88. The summed E-state index contributed by atoms with van der Waals surface area (Å²) in [5.74, 6) is 0.974. The van der Waals surface area contributed by atoms with E-state index in [4.69, 9.17) is 21.1 Å². The van der Waals surface area contributed by atoms with Gasteiger partial charge in [0.1, 0.15) is 11.5 Å². The summed E-state index contributed by atoms with van der Waals surface area (Å²) in [6.45, 7) is 0.616. The van der Waals surface area contributed by atoms with E-state index < -0.39 is 11.6 Å². The van der Waals surface area contributed by atoms with Gasteiger partial charge in [-0.2, -0.15) is 0 Å². The molecule has 8 heteroatoms. The number of likely N-dealkylation sites (tertiary alicyclic amines) is 1. The molecule has 0 radical (unpaired) electrons. The van der Waals surface area contributed by atoms with Crippen LogP contribution in [0.5, 0.6) is 11.5 Å². The van der Waals surface area contributed by atoms with Gasteiger partial charge in [-0.3, -0.25) is 14.5 Å². The Morgan fingerprint density at radius 2 is 1.90 bits per heavy atom. The smallest absolute Gasteiger partial charge is 0.253 e. The monoisotopic (exact) mass is 445 g/mol. The summed E-state index contributed by atoms with van der Waals surface area (Å²) in [7, 11) is 6.66. The van der Waals surface area contributed by atoms with Crippen molar-refractivity contribution in [1.29, 1.82) is 0 Å². The molecule has 2 heterocycles. The van der Waals surface area contributed by atoms with Gasteiger partial charge in [-0.15, -0.1) is 11.6 Å². The van der Waals surface area contributed by atoms with Crippen molar-refractivity contribution in [2.75, 3.05) is 34.9 Å². The van der Waals surface area contributed by atoms with Crippen LogP contribution in [0.1, 0.15) is 24.8 Å². The Hall–Kier alpha value is -2.51. The molecule has 1 saturated heterocycles. The van der Waals surface area contributed by atoms with Crippen LogP contribution >= 0.6 is 11.6 Å². The molecule has 1 fully saturated rings. The highest BCUT2D eigenvalue weighted by Crippen LogP contribution is 2.50. The molecule has 2 unspecified atom stereocenters. The number of carbonyl (C=O) groups is 2. The van der Waals surface area contributed by atoms with Gasteiger partial charge in [0.25, 0.3) is 5.91 Å². The first-order valence-corrected chi connectivity index (χ1v) is 10.8. The summed E-state index contributed by atoms with van der Waals surface area (Å²) in [6, 6.07) is 5.07. The maximum atomic E-state index is 13.8. The lowest BCUT2D eigenvalue weighted by Crippen LogP contribution is -2.58. The summed E-state index contributed by atoms with van der Waals surface area (Å²) in [5, 5.41) is 2.82. The summed E-state index contributed by atoms with van der Waals surface area (Å²) in [4.78, 5) is 30.6. The molecule has 3 aliphatic rings. The second kappa shape index (κ2) is 8.20. The van der Waals surface area contributed by atoms with E-state index in [-0.39, 0.29) is 17.2 Å². The Balaban J connectivity index is 1.97. The number of carbonyl (C=O) groups excluding carboxylic acids is 2. The van der Waals surface area contributed by atoms with Crippen LogP contribution < -0.4 is 14.8 Å². The first-order valence-electron chi connectivity index (χ1n) is 10.4. The molecule has 2 amide bonds. The number of allylic oxidation sites excluding steroid dienone is 2. The van der Waals surface area contributed by atoms with E-state index >= 15 is 0 Å². The van der Waals surface area contributed by atoms with Crippen molar-refractivity contribution >= 4 is 23.4 Å². The summed E-state index contributed by atoms with van der Waals surface area (Å²) in [6.07, 6.45) is 5.77. The van der Waals surface area contributed by atoms with Gasteiger partial charge in [0.15, 0.2) is 5.54 Å². The third kappa shape index (κ3) is 3.40. The normalized spacial score (nSPS) is 27.8. The lowest BCUT2D eigenvalue weighted by Gasteiger charge is -2.43. The highest BCUT2D eigenvalue weighted by molar-refractivity contribution is 6.22. The highest BCUT2D eigenvalue weighted by atomic mass is 35.5. The van der Waals surface area contributed by atoms with Crippen LogP contribution in [0, 0.1) is 0 Å². The van der Waals surface area contributed by atoms with E-state index in [1.165, 1.54) is 0 Å². The first-order chi connectivity index (χ1) is 14.8. The molecule has 4 rings (SSSR count). The van der Waals surface area contributed by atoms with E-state index in [1.807, 2.05) is 29.2 Å². The number of halogens is 1. The maximum Gasteiger partial charge on any atom is 0.253 e. The standard InChI is InChI=1S/C23H28ClN3O4/c1-26(2)21(28)20-6-5-9-27(20)23(14-10-16(30-3)13-17(11-14)31-4)18-12-15(24)7-8-19(18)25-22(23)29/h7-8,10-11,13,15,20H,5-6,9,12H2,1-4H3,(H,25,29)/t15?,20-,23?/m0/s1. The van der Waals surface area contributed by atoms with Crippen molar-refractivity contribution in [3.8, 4) is 11.5 Å². The zero-order valence-corrected chi connectivity index (χ0v) is 19.0. The summed E-state index contributed by atoms with van der Waals surface area (Å²) >= 11 is 6.52. The lowest BCUT2D eigenvalue weighted by atomic mass is 9.77. The minimum atomic E-state index is -1.16. The van der Waals surface area contributed by atoms with Crippen molar-refractivity contribution in [2.24, 2.45) is 0 Å². The minimum absolute atomic E-state index is 0.0117. The molecule has 31 heavy (non-hydrogen) atoms. The number of hydrogen-bond donors (Lipinski definition) is 1. The molecule has 166 valence electrons. The Morgan fingerprint density at radius 3 is 2.52 bits per heavy atom. The Morgan fingerprint density at radius 1 is 1.23 bits per heavy atom. The fourth-order valence-electron chi connectivity index (χ4n) is 5.00. The summed E-state index contributed by atoms with van der Waals surface area (Å²) < 4.78 is 11.0. The van der Waals surface area contributed by atoms with Crippen molar-refractivity contribution in [2.45, 2.75) is 36.2 Å². The maximum absolute atomic E-state index is 13.8. The SMILES string of the molecule is COc1cc(OC)cc(C2(N3CCC[C@H]3C(=O)N(C)C)C(=O)NC3=C2CC(Cl)C=C3)c1. The van der Waals surface area contributed by atoms with E-state index in [0.717, 1.165) is 17.7 Å². The van der Waals surface area contributed by atoms with Gasteiger partial charge in [0.2, 0.25) is 5.91 Å². The molecule has 0 spiro atoms. The van der Waals surface area contributed by atoms with Crippen molar-refractivity contribution in [3.05, 3.63) is 47.2 Å². The topological polar surface area (TPSA) is 71.1 Å². The van der Waals surface area contributed by atoms with Gasteiger partial charge in [-0.1, -0.05) is 6.08 Å². The zero-order valence-electron chi connectivity index (χ0n) is 18.3. The molecule has 1 N–H and O–H groups in total. The van der Waals surface area contributed by atoms with Crippen LogP contribution in [0.4, 0.5) is 0 Å². The van der Waals surface area contributed by atoms with Gasteiger partial charge in [0.05, 0.1) is 25.6 Å². The fraction of sp³-hybridized carbons (Fsp3) is 0.478. The number of ether oxygens (including phenoxy) is 2. The number of nitrogens with zero attached hydrogens (tertiary/aromatic N) is 2. The van der Waals surface area contributed by atoms with Gasteiger partial charge < -0.3 is 19.7 Å². The third-order valence-corrected chi connectivity index (χ3v) is 6.69. The number of rotatable bonds is 5. The van der Waals surface area contributed by atoms with Crippen LogP contribution in [0.15, 0.2) is 41.6 Å². The Bertz CT molecular complexity index is 951. The van der Waals surface area contributed by atoms with E-state index in [1.54, 1.807) is 39.3 Å². The molecular weight excluding hydrogens is 418 g/mol. The van der Waals surface area contributed by atoms with Crippen molar-refractivity contribution in [1.82, 2.24) is 15.1 Å². The van der Waals surface area contributed by atoms with Gasteiger partial charge in [0, 0.05) is 32.4 Å². The number of alkyl halides is 1. The number of amides is 2. The molecule has 1 aromatic carbocycles. The molecule has 3 atom stereocenters. The van der Waals surface area contributed by atoms with Crippen LogP contribution in [-0.4, -0.2) is 67.9 Å². The predicted molar refractivity (Wildman–Crippen MR) is 118 cm³/mol. The first kappa shape index (κ1) is 21.7.